The van der Waals surface area contributed by atoms with Crippen LogP contribution in [-0.2, 0) is 0 Å². The fourth-order valence-electron chi connectivity index (χ4n) is 1.50. The van der Waals surface area contributed by atoms with Gasteiger partial charge in [0.15, 0.2) is 0 Å². The van der Waals surface area contributed by atoms with Gasteiger partial charge < -0.3 is 10.6 Å². The van der Waals surface area contributed by atoms with Crippen LogP contribution in [0, 0.1) is 0 Å². The molecule has 2 aromatic rings. The largest absolute Gasteiger partial charge is 0.497 e. The highest BCUT2D eigenvalue weighted by Gasteiger charge is 2.12. The highest BCUT2D eigenvalue weighted by Crippen LogP contribution is 2.27. The van der Waals surface area contributed by atoms with E-state index in [1.165, 1.54) is 0 Å². The minimum atomic E-state index is 0.755. The van der Waals surface area contributed by atoms with E-state index < -0.39 is 0 Å². The number of methoxy groups -OCH3 is 1. The van der Waals surface area contributed by atoms with Gasteiger partial charge in [-0.1, -0.05) is 12.1 Å². The summed E-state index contributed by atoms with van der Waals surface area (Å²) in [4.78, 5) is 1.01. The van der Waals surface area contributed by atoms with Gasteiger partial charge in [0, 0.05) is 10.0 Å². The second-order valence-corrected chi connectivity index (χ2v) is 5.08. The first-order chi connectivity index (χ1) is 8.26. The fourth-order valence-corrected chi connectivity index (χ4v) is 3.08. The molecule has 0 bridgehead atoms. The molecule has 0 atom stereocenters. The Morgan fingerprint density at radius 3 is 2.82 bits per heavy atom. The Balaban J connectivity index is 2.47. The number of benzene rings is 1. The summed E-state index contributed by atoms with van der Waals surface area (Å²) in [5, 5.41) is 5.87. The number of hydrogen-bond acceptors (Lipinski definition) is 4. The summed E-state index contributed by atoms with van der Waals surface area (Å²) in [5.74, 6) is 6.28. The van der Waals surface area contributed by atoms with E-state index in [4.69, 9.17) is 10.6 Å². The van der Waals surface area contributed by atoms with Crippen LogP contribution in [0.25, 0.3) is 0 Å². The number of thiophene rings is 1. The summed E-state index contributed by atoms with van der Waals surface area (Å²) < 4.78 is 6.19. The lowest BCUT2D eigenvalue weighted by Gasteiger charge is -2.06. The lowest BCUT2D eigenvalue weighted by molar-refractivity contribution is 0.414. The summed E-state index contributed by atoms with van der Waals surface area (Å²) in [7, 11) is 1.64. The predicted octanol–water partition coefficient (Wildman–Crippen LogP) is 3.23. The first kappa shape index (κ1) is 12.1. The van der Waals surface area contributed by atoms with Gasteiger partial charge in [0.1, 0.15) is 11.5 Å². The van der Waals surface area contributed by atoms with Crippen molar-refractivity contribution in [1.29, 1.82) is 0 Å². The number of rotatable bonds is 3. The molecule has 0 saturated heterocycles. The zero-order valence-electron chi connectivity index (χ0n) is 9.18. The molecule has 5 heteroatoms. The maximum absolute atomic E-state index is 5.49. The van der Waals surface area contributed by atoms with Gasteiger partial charge in [-0.3, -0.25) is 0 Å². The highest BCUT2D eigenvalue weighted by atomic mass is 79.9. The minimum Gasteiger partial charge on any atom is -0.497 e. The van der Waals surface area contributed by atoms with Crippen LogP contribution in [0.2, 0.25) is 0 Å². The summed E-state index contributed by atoms with van der Waals surface area (Å²) in [5.41, 5.74) is 1.70. The standard InChI is InChI=1S/C12H11BrN2OS/c1-16-9-4-2-3-8(7-9)11(15-14)12-10(13)5-6-17-12/h2-7H,14H2,1H3. The third kappa shape index (κ3) is 2.50. The number of nitrogens with two attached hydrogens (primary N) is 1. The second kappa shape index (κ2) is 5.33. The van der Waals surface area contributed by atoms with Crippen LogP contribution < -0.4 is 10.6 Å². The molecular weight excluding hydrogens is 300 g/mol. The first-order valence-electron chi connectivity index (χ1n) is 4.92. The van der Waals surface area contributed by atoms with Crippen LogP contribution in [0.5, 0.6) is 5.75 Å². The Bertz CT molecular complexity index is 551. The number of nitrogens with zero attached hydrogens (tertiary/aromatic N) is 1. The van der Waals surface area contributed by atoms with Gasteiger partial charge in [-0.2, -0.15) is 5.10 Å². The lowest BCUT2D eigenvalue weighted by atomic mass is 10.1. The van der Waals surface area contributed by atoms with Crippen molar-refractivity contribution in [3.8, 4) is 5.75 Å². The molecule has 0 radical (unpaired) electrons. The van der Waals surface area contributed by atoms with Crippen molar-refractivity contribution >= 4 is 33.0 Å². The van der Waals surface area contributed by atoms with Crippen molar-refractivity contribution in [2.24, 2.45) is 10.9 Å². The first-order valence-corrected chi connectivity index (χ1v) is 6.59. The zero-order valence-corrected chi connectivity index (χ0v) is 11.6. The van der Waals surface area contributed by atoms with Crippen molar-refractivity contribution < 1.29 is 4.74 Å². The third-order valence-electron chi connectivity index (χ3n) is 2.30. The predicted molar refractivity (Wildman–Crippen MR) is 74.8 cm³/mol. The van der Waals surface area contributed by atoms with Crippen LogP contribution in [0.1, 0.15) is 10.4 Å². The number of hydrogen-bond donors (Lipinski definition) is 1. The van der Waals surface area contributed by atoms with Crippen LogP contribution in [0.3, 0.4) is 0 Å². The van der Waals surface area contributed by atoms with E-state index in [9.17, 15) is 0 Å². The van der Waals surface area contributed by atoms with Gasteiger partial charge in [0.2, 0.25) is 0 Å². The van der Waals surface area contributed by atoms with Crippen LogP contribution >= 0.6 is 27.3 Å². The molecule has 1 heterocycles. The van der Waals surface area contributed by atoms with Gasteiger partial charge in [-0.15, -0.1) is 11.3 Å². The van der Waals surface area contributed by atoms with E-state index in [0.29, 0.717) is 0 Å². The van der Waals surface area contributed by atoms with Crippen LogP contribution in [0.4, 0.5) is 0 Å². The Morgan fingerprint density at radius 1 is 1.41 bits per heavy atom. The highest BCUT2D eigenvalue weighted by molar-refractivity contribution is 9.10. The molecule has 0 unspecified atom stereocenters. The Labute approximate surface area is 112 Å². The van der Waals surface area contributed by atoms with Crippen molar-refractivity contribution in [2.75, 3.05) is 7.11 Å². The van der Waals surface area contributed by atoms with Crippen LogP contribution in [0.15, 0.2) is 45.3 Å². The molecule has 0 saturated carbocycles. The quantitative estimate of drug-likeness (QED) is 0.537. The molecule has 1 aromatic heterocycles. The normalized spacial score (nSPS) is 11.5. The average Bonchev–Trinajstić information content (AvgIpc) is 2.77. The lowest BCUT2D eigenvalue weighted by Crippen LogP contribution is -2.05. The number of hydrazone groups is 1. The molecule has 0 aliphatic heterocycles. The molecule has 3 nitrogen and oxygen atoms in total. The molecule has 88 valence electrons. The van der Waals surface area contributed by atoms with Gasteiger partial charge in [0.25, 0.3) is 0 Å². The van der Waals surface area contributed by atoms with Gasteiger partial charge in [-0.05, 0) is 39.5 Å². The second-order valence-electron chi connectivity index (χ2n) is 3.31. The van der Waals surface area contributed by atoms with E-state index in [-0.39, 0.29) is 0 Å². The fraction of sp³-hybridized carbons (Fsp3) is 0.0833. The average molecular weight is 311 g/mol. The molecule has 0 amide bonds. The molecule has 1 aromatic carbocycles. The molecule has 17 heavy (non-hydrogen) atoms. The topological polar surface area (TPSA) is 47.6 Å². The van der Waals surface area contributed by atoms with Crippen molar-refractivity contribution in [3.05, 3.63) is 50.6 Å². The van der Waals surface area contributed by atoms with E-state index >= 15 is 0 Å². The zero-order chi connectivity index (χ0) is 12.3. The third-order valence-corrected chi connectivity index (χ3v) is 4.15. The molecule has 0 spiro atoms. The number of ether oxygens (including phenoxy) is 1. The van der Waals surface area contributed by atoms with E-state index in [2.05, 4.69) is 21.0 Å². The summed E-state index contributed by atoms with van der Waals surface area (Å²) in [6.07, 6.45) is 0. The maximum Gasteiger partial charge on any atom is 0.119 e. The molecule has 0 aliphatic rings. The molecule has 0 fully saturated rings. The van der Waals surface area contributed by atoms with Gasteiger partial charge >= 0.3 is 0 Å². The van der Waals surface area contributed by atoms with Gasteiger partial charge in [0.05, 0.1) is 12.0 Å². The Hall–Kier alpha value is -1.33. The van der Waals surface area contributed by atoms with Crippen molar-refractivity contribution in [3.63, 3.8) is 0 Å². The SMILES string of the molecule is COc1cccc(C(=NN)c2sccc2Br)c1. The molecule has 2 N–H and O–H groups in total. The maximum atomic E-state index is 5.49. The molecular formula is C12H11BrN2OS. The van der Waals surface area contributed by atoms with Crippen molar-refractivity contribution in [1.82, 2.24) is 0 Å². The Kier molecular flexibility index (Phi) is 3.81. The summed E-state index contributed by atoms with van der Waals surface area (Å²) in [6.45, 7) is 0. The Morgan fingerprint density at radius 2 is 2.24 bits per heavy atom. The molecule has 2 rings (SSSR count). The van der Waals surface area contributed by atoms with Crippen LogP contribution in [-0.4, -0.2) is 12.8 Å². The summed E-state index contributed by atoms with van der Waals surface area (Å²) >= 11 is 5.08. The van der Waals surface area contributed by atoms with E-state index in [0.717, 1.165) is 26.4 Å². The monoisotopic (exact) mass is 310 g/mol. The smallest absolute Gasteiger partial charge is 0.119 e. The van der Waals surface area contributed by atoms with E-state index in [1.807, 2.05) is 35.7 Å². The minimum absolute atomic E-state index is 0.755. The van der Waals surface area contributed by atoms with Crippen molar-refractivity contribution in [2.45, 2.75) is 0 Å². The van der Waals surface area contributed by atoms with Gasteiger partial charge in [-0.25, -0.2) is 0 Å². The van der Waals surface area contributed by atoms with E-state index in [1.54, 1.807) is 18.4 Å². The number of halogens is 1. The molecule has 0 aliphatic carbocycles. The summed E-state index contributed by atoms with van der Waals surface area (Å²) in [6, 6.07) is 9.66.